The number of aryl methyl sites for hydroxylation is 2. The first-order valence-electron chi connectivity index (χ1n) is 6.37. The zero-order valence-electron chi connectivity index (χ0n) is 12.1. The maximum Gasteiger partial charge on any atom is 0.262 e. The zero-order valence-corrected chi connectivity index (χ0v) is 15.0. The molecular weight excluding hydrogens is 399 g/mol. The highest BCUT2D eigenvalue weighted by Crippen LogP contribution is 2.29. The fraction of sp³-hybridized carbons (Fsp3) is 0.200. The van der Waals surface area contributed by atoms with E-state index in [1.54, 1.807) is 32.0 Å². The van der Waals surface area contributed by atoms with Crippen LogP contribution in [0.5, 0.6) is 0 Å². The summed E-state index contributed by atoms with van der Waals surface area (Å²) >= 11 is 2.14. The topological polar surface area (TPSA) is 72.2 Å². The summed E-state index contributed by atoms with van der Waals surface area (Å²) < 4.78 is 28.9. The number of halogens is 1. The molecule has 0 aromatic heterocycles. The molecule has 3 N–H and O–H groups in total. The van der Waals surface area contributed by atoms with Crippen molar-refractivity contribution in [2.24, 2.45) is 0 Å². The van der Waals surface area contributed by atoms with Crippen LogP contribution in [0.15, 0.2) is 35.2 Å². The van der Waals surface area contributed by atoms with Crippen LogP contribution in [0.4, 0.5) is 11.4 Å². The fourth-order valence-electron chi connectivity index (χ4n) is 2.35. The second kappa shape index (κ2) is 5.84. The third kappa shape index (κ3) is 3.32. The van der Waals surface area contributed by atoms with Gasteiger partial charge in [-0.15, -0.1) is 0 Å². The Morgan fingerprint density at radius 1 is 1.10 bits per heavy atom. The average molecular weight is 416 g/mol. The number of sulfonamides is 1. The molecule has 0 fully saturated rings. The maximum absolute atomic E-state index is 12.6. The van der Waals surface area contributed by atoms with E-state index in [0.717, 1.165) is 9.13 Å². The van der Waals surface area contributed by atoms with Gasteiger partial charge in [-0.3, -0.25) is 4.72 Å². The molecule has 112 valence electrons. The second-order valence-electron chi connectivity index (χ2n) is 4.99. The van der Waals surface area contributed by atoms with Gasteiger partial charge in [-0.2, -0.15) is 0 Å². The van der Waals surface area contributed by atoms with E-state index >= 15 is 0 Å². The summed E-state index contributed by atoms with van der Waals surface area (Å²) in [7, 11) is -3.66. The van der Waals surface area contributed by atoms with Gasteiger partial charge in [0.15, 0.2) is 0 Å². The van der Waals surface area contributed by atoms with E-state index in [-0.39, 0.29) is 4.90 Å². The van der Waals surface area contributed by atoms with Crippen molar-refractivity contribution >= 4 is 44.0 Å². The number of anilines is 2. The van der Waals surface area contributed by atoms with Gasteiger partial charge in [0.2, 0.25) is 0 Å². The quantitative estimate of drug-likeness (QED) is 0.593. The second-order valence-corrected chi connectivity index (χ2v) is 7.86. The lowest BCUT2D eigenvalue weighted by Crippen LogP contribution is -2.17. The highest BCUT2D eigenvalue weighted by Gasteiger charge is 2.22. The van der Waals surface area contributed by atoms with Crippen LogP contribution in [-0.4, -0.2) is 8.42 Å². The van der Waals surface area contributed by atoms with Crippen molar-refractivity contribution in [1.29, 1.82) is 0 Å². The Morgan fingerprint density at radius 2 is 1.76 bits per heavy atom. The SMILES string of the molecule is Cc1cc(C)c(S(=O)(=O)Nc2cccc(I)c2)c(C)c1N. The first kappa shape index (κ1) is 16.1. The van der Waals surface area contributed by atoms with Crippen molar-refractivity contribution in [2.75, 3.05) is 10.5 Å². The van der Waals surface area contributed by atoms with Crippen LogP contribution < -0.4 is 10.5 Å². The third-order valence-electron chi connectivity index (χ3n) is 3.31. The summed E-state index contributed by atoms with van der Waals surface area (Å²) in [6.45, 7) is 5.39. The molecule has 6 heteroatoms. The minimum Gasteiger partial charge on any atom is -0.398 e. The first-order chi connectivity index (χ1) is 9.72. The maximum atomic E-state index is 12.6. The van der Waals surface area contributed by atoms with Gasteiger partial charge in [0, 0.05) is 14.9 Å². The molecule has 2 aromatic rings. The van der Waals surface area contributed by atoms with Crippen LogP contribution in [0.25, 0.3) is 0 Å². The summed E-state index contributed by atoms with van der Waals surface area (Å²) in [5.41, 5.74) is 9.20. The van der Waals surface area contributed by atoms with Crippen LogP contribution in [0.1, 0.15) is 16.7 Å². The number of hydrogen-bond donors (Lipinski definition) is 2. The van der Waals surface area contributed by atoms with Gasteiger partial charge < -0.3 is 5.73 Å². The van der Waals surface area contributed by atoms with Crippen molar-refractivity contribution in [3.05, 3.63) is 50.6 Å². The minimum absolute atomic E-state index is 0.254. The van der Waals surface area contributed by atoms with Gasteiger partial charge in [-0.05, 0) is 78.3 Å². The Kier molecular flexibility index (Phi) is 4.48. The summed E-state index contributed by atoms with van der Waals surface area (Å²) in [5.74, 6) is 0. The van der Waals surface area contributed by atoms with E-state index < -0.39 is 10.0 Å². The molecule has 2 aromatic carbocycles. The Bertz CT molecular complexity index is 802. The smallest absolute Gasteiger partial charge is 0.262 e. The van der Waals surface area contributed by atoms with E-state index in [1.165, 1.54) is 0 Å². The van der Waals surface area contributed by atoms with Crippen LogP contribution in [-0.2, 0) is 10.0 Å². The third-order valence-corrected chi connectivity index (χ3v) is 5.65. The summed E-state index contributed by atoms with van der Waals surface area (Å²) in [5, 5.41) is 0. The van der Waals surface area contributed by atoms with Crippen molar-refractivity contribution in [2.45, 2.75) is 25.7 Å². The number of benzene rings is 2. The standard InChI is InChI=1S/C15H17IN2O2S/c1-9-7-10(2)15(11(3)14(9)17)21(19,20)18-13-6-4-5-12(16)8-13/h4-8,18H,17H2,1-3H3. The molecule has 0 bridgehead atoms. The molecule has 0 heterocycles. The molecule has 0 aliphatic heterocycles. The highest BCUT2D eigenvalue weighted by atomic mass is 127. The largest absolute Gasteiger partial charge is 0.398 e. The number of rotatable bonds is 3. The average Bonchev–Trinajstić information content (AvgIpc) is 2.35. The molecular formula is C15H17IN2O2S. The van der Waals surface area contributed by atoms with Crippen LogP contribution in [0.3, 0.4) is 0 Å². The van der Waals surface area contributed by atoms with Crippen LogP contribution in [0, 0.1) is 24.3 Å². The van der Waals surface area contributed by atoms with Gasteiger partial charge >= 0.3 is 0 Å². The monoisotopic (exact) mass is 416 g/mol. The fourth-order valence-corrected chi connectivity index (χ4v) is 4.43. The molecule has 0 saturated heterocycles. The van der Waals surface area contributed by atoms with E-state index in [1.807, 2.05) is 19.1 Å². The van der Waals surface area contributed by atoms with Crippen LogP contribution in [0.2, 0.25) is 0 Å². The predicted octanol–water partition coefficient (Wildman–Crippen LogP) is 3.60. The summed E-state index contributed by atoms with van der Waals surface area (Å²) in [4.78, 5) is 0.254. The number of nitrogens with two attached hydrogens (primary N) is 1. The molecule has 21 heavy (non-hydrogen) atoms. The minimum atomic E-state index is -3.66. The molecule has 0 spiro atoms. The lowest BCUT2D eigenvalue weighted by Gasteiger charge is -2.16. The van der Waals surface area contributed by atoms with E-state index in [2.05, 4.69) is 27.3 Å². The van der Waals surface area contributed by atoms with Crippen molar-refractivity contribution in [3.63, 3.8) is 0 Å². The molecule has 0 radical (unpaired) electrons. The highest BCUT2D eigenvalue weighted by molar-refractivity contribution is 14.1. The number of nitrogens with one attached hydrogen (secondary N) is 1. The molecule has 4 nitrogen and oxygen atoms in total. The molecule has 0 atom stereocenters. The van der Waals surface area contributed by atoms with Crippen molar-refractivity contribution in [1.82, 2.24) is 0 Å². The van der Waals surface area contributed by atoms with Crippen molar-refractivity contribution in [3.8, 4) is 0 Å². The normalized spacial score (nSPS) is 11.4. The van der Waals surface area contributed by atoms with Gasteiger partial charge in [0.05, 0.1) is 4.90 Å². The lowest BCUT2D eigenvalue weighted by molar-refractivity contribution is 0.600. The van der Waals surface area contributed by atoms with E-state index in [0.29, 0.717) is 22.5 Å². The Hall–Kier alpha value is -1.28. The summed E-state index contributed by atoms with van der Waals surface area (Å²) in [6, 6.07) is 9.01. The van der Waals surface area contributed by atoms with Gasteiger partial charge in [-0.25, -0.2) is 8.42 Å². The zero-order chi connectivity index (χ0) is 15.8. The molecule has 2 rings (SSSR count). The van der Waals surface area contributed by atoms with Gasteiger partial charge in [-0.1, -0.05) is 12.1 Å². The van der Waals surface area contributed by atoms with E-state index in [9.17, 15) is 8.42 Å². The van der Waals surface area contributed by atoms with Gasteiger partial charge in [0.1, 0.15) is 0 Å². The Morgan fingerprint density at radius 3 is 2.38 bits per heavy atom. The molecule has 0 saturated carbocycles. The van der Waals surface area contributed by atoms with Crippen LogP contribution >= 0.6 is 22.6 Å². The molecule has 0 aliphatic rings. The lowest BCUT2D eigenvalue weighted by atomic mass is 10.1. The Labute approximate surface area is 138 Å². The summed E-state index contributed by atoms with van der Waals surface area (Å²) in [6.07, 6.45) is 0. The molecule has 0 amide bonds. The van der Waals surface area contributed by atoms with Crippen molar-refractivity contribution < 1.29 is 8.42 Å². The van der Waals surface area contributed by atoms with E-state index in [4.69, 9.17) is 5.73 Å². The van der Waals surface area contributed by atoms with Gasteiger partial charge in [0.25, 0.3) is 10.0 Å². The predicted molar refractivity (Wildman–Crippen MR) is 95.0 cm³/mol. The number of nitrogen functional groups attached to an aromatic ring is 1. The first-order valence-corrected chi connectivity index (χ1v) is 8.93. The molecule has 0 aliphatic carbocycles. The molecule has 0 unspecified atom stereocenters. The number of hydrogen-bond acceptors (Lipinski definition) is 3. The Balaban J connectivity index is 2.53.